The number of halogens is 1. The lowest BCUT2D eigenvalue weighted by atomic mass is 10.1. The van der Waals surface area contributed by atoms with E-state index in [0.717, 1.165) is 18.7 Å². The van der Waals surface area contributed by atoms with E-state index >= 15 is 0 Å². The summed E-state index contributed by atoms with van der Waals surface area (Å²) in [5, 5.41) is 13.8. The van der Waals surface area contributed by atoms with Gasteiger partial charge in [0.05, 0.1) is 35.8 Å². The van der Waals surface area contributed by atoms with Crippen LogP contribution < -0.4 is 15.4 Å². The van der Waals surface area contributed by atoms with Gasteiger partial charge in [-0.1, -0.05) is 18.2 Å². The minimum atomic E-state index is -0.401. The highest BCUT2D eigenvalue weighted by Crippen LogP contribution is 2.32. The topological polar surface area (TPSA) is 99.4 Å². The fourth-order valence-electron chi connectivity index (χ4n) is 3.64. The molecule has 3 aromatic rings. The molecule has 1 aliphatic heterocycles. The van der Waals surface area contributed by atoms with E-state index in [1.54, 1.807) is 41.3 Å². The largest absolute Gasteiger partial charge is 0.495 e. The zero-order chi connectivity index (χ0) is 22.5. The minimum Gasteiger partial charge on any atom is -0.495 e. The zero-order valence-electron chi connectivity index (χ0n) is 17.7. The van der Waals surface area contributed by atoms with Crippen molar-refractivity contribution in [3.05, 3.63) is 59.0 Å². The van der Waals surface area contributed by atoms with Crippen molar-refractivity contribution in [2.24, 2.45) is 0 Å². The van der Waals surface area contributed by atoms with Crippen molar-refractivity contribution in [2.75, 3.05) is 39.8 Å². The first kappa shape index (κ1) is 21.5. The number of piperazine rings is 1. The quantitative estimate of drug-likeness (QED) is 0.548. The summed E-state index contributed by atoms with van der Waals surface area (Å²) in [6.07, 6.45) is 3.57. The summed E-state index contributed by atoms with van der Waals surface area (Å²) in [5.74, 6) is -0.463. The SMILES string of the molecule is COc1c(C(=O)NCC(=O)N2CCNCC2)ccc2[nH]nc(C=Cc3ccc(F)cc3)c12. The number of aromatic amines is 1. The van der Waals surface area contributed by atoms with E-state index in [4.69, 9.17) is 4.74 Å². The van der Waals surface area contributed by atoms with Gasteiger partial charge in [-0.25, -0.2) is 4.39 Å². The van der Waals surface area contributed by atoms with Crippen LogP contribution in [0.25, 0.3) is 23.1 Å². The number of benzene rings is 2. The van der Waals surface area contributed by atoms with Crippen LogP contribution in [0.1, 0.15) is 21.6 Å². The lowest BCUT2D eigenvalue weighted by molar-refractivity contribution is -0.130. The Morgan fingerprint density at radius 3 is 2.62 bits per heavy atom. The Kier molecular flexibility index (Phi) is 6.46. The molecule has 2 aromatic carbocycles. The number of fused-ring (bicyclic) bond motifs is 1. The molecule has 1 aromatic heterocycles. The number of nitrogens with one attached hydrogen (secondary N) is 3. The Labute approximate surface area is 184 Å². The standard InChI is InChI=1S/C23H24FN5O3/c1-32-22-17(23(31)26-14-20(30)29-12-10-25-11-13-29)7-9-19-21(22)18(27-28-19)8-4-15-2-5-16(24)6-3-15/h2-9,25H,10-14H2,1H3,(H,26,31)(H,27,28). The summed E-state index contributed by atoms with van der Waals surface area (Å²) >= 11 is 0. The van der Waals surface area contributed by atoms with Gasteiger partial charge >= 0.3 is 0 Å². The molecule has 0 unspecified atom stereocenters. The van der Waals surface area contributed by atoms with Gasteiger partial charge in [0.15, 0.2) is 0 Å². The van der Waals surface area contributed by atoms with Gasteiger partial charge in [0.2, 0.25) is 5.91 Å². The maximum Gasteiger partial charge on any atom is 0.255 e. The van der Waals surface area contributed by atoms with Crippen LogP contribution >= 0.6 is 0 Å². The summed E-state index contributed by atoms with van der Waals surface area (Å²) in [4.78, 5) is 26.9. The average molecular weight is 437 g/mol. The van der Waals surface area contributed by atoms with Gasteiger partial charge in [0.1, 0.15) is 11.6 Å². The number of rotatable bonds is 6. The Morgan fingerprint density at radius 1 is 1.16 bits per heavy atom. The summed E-state index contributed by atoms with van der Waals surface area (Å²) in [7, 11) is 1.48. The fraction of sp³-hybridized carbons (Fsp3) is 0.261. The average Bonchev–Trinajstić information content (AvgIpc) is 3.25. The third-order valence-electron chi connectivity index (χ3n) is 5.33. The number of methoxy groups -OCH3 is 1. The molecule has 2 heterocycles. The number of hydrogen-bond donors (Lipinski definition) is 3. The van der Waals surface area contributed by atoms with E-state index in [-0.39, 0.29) is 18.3 Å². The van der Waals surface area contributed by atoms with Crippen molar-refractivity contribution in [1.82, 2.24) is 25.7 Å². The second-order valence-electron chi connectivity index (χ2n) is 7.38. The van der Waals surface area contributed by atoms with Crippen LogP contribution in [0.3, 0.4) is 0 Å². The van der Waals surface area contributed by atoms with Gasteiger partial charge in [-0.3, -0.25) is 14.7 Å². The third kappa shape index (κ3) is 4.62. The molecule has 2 amide bonds. The molecular weight excluding hydrogens is 413 g/mol. The zero-order valence-corrected chi connectivity index (χ0v) is 17.7. The molecule has 0 radical (unpaired) electrons. The fourth-order valence-corrected chi connectivity index (χ4v) is 3.64. The summed E-state index contributed by atoms with van der Waals surface area (Å²) in [6.45, 7) is 2.67. The molecule has 0 saturated carbocycles. The van der Waals surface area contributed by atoms with Crippen molar-refractivity contribution in [3.63, 3.8) is 0 Å². The molecule has 1 fully saturated rings. The van der Waals surface area contributed by atoms with E-state index in [9.17, 15) is 14.0 Å². The summed E-state index contributed by atoms with van der Waals surface area (Å²) in [5.41, 5.74) is 2.40. The molecule has 0 bridgehead atoms. The molecule has 32 heavy (non-hydrogen) atoms. The van der Waals surface area contributed by atoms with Crippen LogP contribution in [-0.4, -0.2) is 66.7 Å². The van der Waals surface area contributed by atoms with E-state index in [0.29, 0.717) is 41.0 Å². The van der Waals surface area contributed by atoms with Crippen LogP contribution in [0.4, 0.5) is 4.39 Å². The summed E-state index contributed by atoms with van der Waals surface area (Å²) < 4.78 is 18.7. The predicted octanol–water partition coefficient (Wildman–Crippen LogP) is 2.04. The highest BCUT2D eigenvalue weighted by molar-refractivity contribution is 6.06. The molecule has 9 heteroatoms. The lowest BCUT2D eigenvalue weighted by Crippen LogP contribution is -2.49. The van der Waals surface area contributed by atoms with E-state index in [1.165, 1.54) is 19.2 Å². The maximum atomic E-state index is 13.1. The van der Waals surface area contributed by atoms with Crippen molar-refractivity contribution >= 4 is 34.9 Å². The smallest absolute Gasteiger partial charge is 0.255 e. The molecule has 0 atom stereocenters. The normalized spacial score (nSPS) is 14.1. The third-order valence-corrected chi connectivity index (χ3v) is 5.33. The van der Waals surface area contributed by atoms with Crippen molar-refractivity contribution in [2.45, 2.75) is 0 Å². The Morgan fingerprint density at radius 2 is 1.91 bits per heavy atom. The first-order chi connectivity index (χ1) is 15.6. The Bertz CT molecular complexity index is 1150. The van der Waals surface area contributed by atoms with Gasteiger partial charge in [-0.05, 0) is 35.9 Å². The number of ether oxygens (including phenoxy) is 1. The second-order valence-corrected chi connectivity index (χ2v) is 7.38. The number of hydrogen-bond acceptors (Lipinski definition) is 5. The van der Waals surface area contributed by atoms with Gasteiger partial charge in [-0.15, -0.1) is 0 Å². The molecule has 1 aliphatic rings. The van der Waals surface area contributed by atoms with Gasteiger partial charge in [0.25, 0.3) is 5.91 Å². The van der Waals surface area contributed by atoms with Crippen LogP contribution in [0.15, 0.2) is 36.4 Å². The molecule has 0 aliphatic carbocycles. The Hall–Kier alpha value is -3.72. The lowest BCUT2D eigenvalue weighted by Gasteiger charge is -2.27. The van der Waals surface area contributed by atoms with E-state index in [1.807, 2.05) is 0 Å². The van der Waals surface area contributed by atoms with Crippen molar-refractivity contribution in [1.29, 1.82) is 0 Å². The molecule has 0 spiro atoms. The van der Waals surface area contributed by atoms with Gasteiger partial charge < -0.3 is 20.3 Å². The number of amides is 2. The van der Waals surface area contributed by atoms with Crippen LogP contribution in [-0.2, 0) is 4.79 Å². The number of nitrogens with zero attached hydrogens (tertiary/aromatic N) is 2. The highest BCUT2D eigenvalue weighted by atomic mass is 19.1. The van der Waals surface area contributed by atoms with Crippen molar-refractivity contribution in [3.8, 4) is 5.75 Å². The minimum absolute atomic E-state index is 0.0806. The monoisotopic (exact) mass is 437 g/mol. The van der Waals surface area contributed by atoms with Crippen LogP contribution in [0.2, 0.25) is 0 Å². The van der Waals surface area contributed by atoms with Gasteiger partial charge in [-0.2, -0.15) is 5.10 Å². The number of aromatic nitrogens is 2. The number of H-pyrrole nitrogens is 1. The first-order valence-corrected chi connectivity index (χ1v) is 10.3. The van der Waals surface area contributed by atoms with Crippen molar-refractivity contribution < 1.29 is 18.7 Å². The Balaban J connectivity index is 1.55. The molecule has 166 valence electrons. The first-order valence-electron chi connectivity index (χ1n) is 10.3. The molecule has 8 nitrogen and oxygen atoms in total. The van der Waals surface area contributed by atoms with Crippen LogP contribution in [0.5, 0.6) is 5.75 Å². The number of carbonyl (C=O) groups is 2. The molecule has 3 N–H and O–H groups in total. The second kappa shape index (κ2) is 9.61. The molecule has 4 rings (SSSR count). The maximum absolute atomic E-state index is 13.1. The highest BCUT2D eigenvalue weighted by Gasteiger charge is 2.21. The van der Waals surface area contributed by atoms with E-state index < -0.39 is 5.91 Å². The molecular formula is C23H24FN5O3. The summed E-state index contributed by atoms with van der Waals surface area (Å²) in [6, 6.07) is 9.46. The van der Waals surface area contributed by atoms with Gasteiger partial charge in [0, 0.05) is 26.2 Å². The molecule has 1 saturated heterocycles. The van der Waals surface area contributed by atoms with Crippen LogP contribution in [0, 0.1) is 5.82 Å². The van der Waals surface area contributed by atoms with E-state index in [2.05, 4.69) is 20.8 Å². The number of carbonyl (C=O) groups excluding carboxylic acids is 2. The predicted molar refractivity (Wildman–Crippen MR) is 120 cm³/mol.